The number of hydrogen-bond donors (Lipinski definition) is 1. The molecule has 1 aromatic heterocycles. The SMILES string of the molecule is CCCC(NC)C(CC)N(C)Cc1ccccn1. The number of hydrogen-bond acceptors (Lipinski definition) is 3. The first-order valence-corrected chi connectivity index (χ1v) is 7.00. The molecule has 1 N–H and O–H groups in total. The molecule has 1 aromatic rings. The molecule has 1 heterocycles. The molecule has 2 atom stereocenters. The Hall–Kier alpha value is -0.930. The molecule has 0 aliphatic heterocycles. The molecular weight excluding hydrogens is 222 g/mol. The summed E-state index contributed by atoms with van der Waals surface area (Å²) in [5.41, 5.74) is 1.14. The second-order valence-electron chi connectivity index (χ2n) is 4.90. The quantitative estimate of drug-likeness (QED) is 0.768. The number of rotatable bonds is 8. The molecule has 3 nitrogen and oxygen atoms in total. The van der Waals surface area contributed by atoms with E-state index in [1.165, 1.54) is 12.8 Å². The normalized spacial score (nSPS) is 14.7. The number of likely N-dealkylation sites (N-methyl/N-ethyl adjacent to an activating group) is 2. The molecule has 2 unspecified atom stereocenters. The molecule has 0 bridgehead atoms. The van der Waals surface area contributed by atoms with Crippen LogP contribution in [0, 0.1) is 0 Å². The van der Waals surface area contributed by atoms with Crippen molar-refractivity contribution in [3.05, 3.63) is 30.1 Å². The van der Waals surface area contributed by atoms with Crippen molar-refractivity contribution >= 4 is 0 Å². The third kappa shape index (κ3) is 4.39. The Kier molecular flexibility index (Phi) is 6.91. The lowest BCUT2D eigenvalue weighted by Gasteiger charge is -2.33. The molecule has 0 aromatic carbocycles. The fraction of sp³-hybridized carbons (Fsp3) is 0.667. The third-order valence-corrected chi connectivity index (χ3v) is 3.56. The molecule has 18 heavy (non-hydrogen) atoms. The van der Waals surface area contributed by atoms with Gasteiger partial charge in [-0.15, -0.1) is 0 Å². The monoisotopic (exact) mass is 249 g/mol. The summed E-state index contributed by atoms with van der Waals surface area (Å²) in [4.78, 5) is 6.82. The van der Waals surface area contributed by atoms with Crippen molar-refractivity contribution < 1.29 is 0 Å². The molecule has 102 valence electrons. The van der Waals surface area contributed by atoms with Crippen LogP contribution in [0.25, 0.3) is 0 Å². The van der Waals surface area contributed by atoms with Gasteiger partial charge in [-0.3, -0.25) is 9.88 Å². The summed E-state index contributed by atoms with van der Waals surface area (Å²) in [6.45, 7) is 5.43. The lowest BCUT2D eigenvalue weighted by Crippen LogP contribution is -2.46. The van der Waals surface area contributed by atoms with E-state index in [-0.39, 0.29) is 0 Å². The first-order chi connectivity index (χ1) is 8.72. The molecular formula is C15H27N3. The predicted molar refractivity (Wildman–Crippen MR) is 77.5 cm³/mol. The summed E-state index contributed by atoms with van der Waals surface area (Å²) in [7, 11) is 4.26. The van der Waals surface area contributed by atoms with Crippen LogP contribution >= 0.6 is 0 Å². The molecule has 0 saturated heterocycles. The second kappa shape index (κ2) is 8.22. The van der Waals surface area contributed by atoms with E-state index in [0.29, 0.717) is 12.1 Å². The highest BCUT2D eigenvalue weighted by Crippen LogP contribution is 2.14. The standard InChI is InChI=1S/C15H27N3/c1-5-9-14(16-3)15(6-2)18(4)12-13-10-7-8-11-17-13/h7-8,10-11,14-16H,5-6,9,12H2,1-4H3. The molecule has 0 fully saturated rings. The molecule has 0 saturated carbocycles. The molecule has 0 amide bonds. The lowest BCUT2D eigenvalue weighted by atomic mass is 9.99. The Labute approximate surface area is 112 Å². The number of pyridine rings is 1. The molecule has 0 aliphatic rings. The molecule has 0 radical (unpaired) electrons. The van der Waals surface area contributed by atoms with Crippen molar-refractivity contribution in [3.63, 3.8) is 0 Å². The van der Waals surface area contributed by atoms with Crippen LogP contribution in [0.3, 0.4) is 0 Å². The van der Waals surface area contributed by atoms with E-state index >= 15 is 0 Å². The van der Waals surface area contributed by atoms with E-state index in [9.17, 15) is 0 Å². The zero-order valence-electron chi connectivity index (χ0n) is 12.2. The first kappa shape index (κ1) is 15.1. The minimum Gasteiger partial charge on any atom is -0.315 e. The second-order valence-corrected chi connectivity index (χ2v) is 4.90. The van der Waals surface area contributed by atoms with Crippen molar-refractivity contribution in [2.75, 3.05) is 14.1 Å². The van der Waals surface area contributed by atoms with E-state index in [2.05, 4.69) is 55.3 Å². The largest absolute Gasteiger partial charge is 0.315 e. The molecule has 0 spiro atoms. The fourth-order valence-corrected chi connectivity index (χ4v) is 2.61. The highest BCUT2D eigenvalue weighted by Gasteiger charge is 2.21. The van der Waals surface area contributed by atoms with Crippen LogP contribution in [0.2, 0.25) is 0 Å². The number of nitrogens with zero attached hydrogens (tertiary/aromatic N) is 2. The van der Waals surface area contributed by atoms with Crippen molar-refractivity contribution in [3.8, 4) is 0 Å². The Morgan fingerprint density at radius 2 is 2.11 bits per heavy atom. The van der Waals surface area contributed by atoms with E-state index in [1.54, 1.807) is 0 Å². The van der Waals surface area contributed by atoms with Gasteiger partial charge in [-0.2, -0.15) is 0 Å². The van der Waals surface area contributed by atoms with Gasteiger partial charge in [0.2, 0.25) is 0 Å². The van der Waals surface area contributed by atoms with Gasteiger partial charge >= 0.3 is 0 Å². The van der Waals surface area contributed by atoms with Crippen LogP contribution in [0.5, 0.6) is 0 Å². The van der Waals surface area contributed by atoms with Crippen molar-refractivity contribution in [2.24, 2.45) is 0 Å². The van der Waals surface area contributed by atoms with Crippen LogP contribution in [0.4, 0.5) is 0 Å². The molecule has 0 aliphatic carbocycles. The average molecular weight is 249 g/mol. The Morgan fingerprint density at radius 1 is 1.33 bits per heavy atom. The summed E-state index contributed by atoms with van der Waals surface area (Å²) in [6.07, 6.45) is 5.47. The van der Waals surface area contributed by atoms with Gasteiger partial charge in [-0.1, -0.05) is 26.3 Å². The lowest BCUT2D eigenvalue weighted by molar-refractivity contribution is 0.175. The van der Waals surface area contributed by atoms with E-state index in [4.69, 9.17) is 0 Å². The van der Waals surface area contributed by atoms with Gasteiger partial charge in [0, 0.05) is 24.8 Å². The van der Waals surface area contributed by atoms with Crippen LogP contribution in [-0.2, 0) is 6.54 Å². The minimum absolute atomic E-state index is 0.564. The van der Waals surface area contributed by atoms with E-state index < -0.39 is 0 Å². The van der Waals surface area contributed by atoms with E-state index in [1.807, 2.05) is 12.3 Å². The predicted octanol–water partition coefficient (Wildman–Crippen LogP) is 2.68. The highest BCUT2D eigenvalue weighted by atomic mass is 15.2. The van der Waals surface area contributed by atoms with Gasteiger partial charge < -0.3 is 5.32 Å². The Balaban J connectivity index is 2.63. The maximum Gasteiger partial charge on any atom is 0.0543 e. The first-order valence-electron chi connectivity index (χ1n) is 7.00. The Bertz CT molecular complexity index is 313. The van der Waals surface area contributed by atoms with Gasteiger partial charge in [0.1, 0.15) is 0 Å². The Morgan fingerprint density at radius 3 is 2.61 bits per heavy atom. The van der Waals surface area contributed by atoms with Gasteiger partial charge in [0.15, 0.2) is 0 Å². The minimum atomic E-state index is 0.564. The van der Waals surface area contributed by atoms with Crippen molar-refractivity contribution in [2.45, 2.75) is 51.7 Å². The number of nitrogens with one attached hydrogen (secondary N) is 1. The van der Waals surface area contributed by atoms with E-state index in [0.717, 1.165) is 18.7 Å². The topological polar surface area (TPSA) is 28.2 Å². The summed E-state index contributed by atoms with van der Waals surface area (Å²) in [5, 5.41) is 3.46. The van der Waals surface area contributed by atoms with Gasteiger partial charge in [-0.05, 0) is 39.1 Å². The van der Waals surface area contributed by atoms with Gasteiger partial charge in [0.05, 0.1) is 5.69 Å². The summed E-state index contributed by atoms with van der Waals surface area (Å²) in [6, 6.07) is 7.25. The van der Waals surface area contributed by atoms with Crippen LogP contribution in [0.1, 0.15) is 38.8 Å². The third-order valence-electron chi connectivity index (χ3n) is 3.56. The summed E-state index contributed by atoms with van der Waals surface area (Å²) < 4.78 is 0. The highest BCUT2D eigenvalue weighted by molar-refractivity contribution is 5.03. The van der Waals surface area contributed by atoms with Gasteiger partial charge in [0.25, 0.3) is 0 Å². The van der Waals surface area contributed by atoms with Crippen molar-refractivity contribution in [1.82, 2.24) is 15.2 Å². The average Bonchev–Trinajstić information content (AvgIpc) is 2.39. The summed E-state index contributed by atoms with van der Waals surface area (Å²) >= 11 is 0. The zero-order chi connectivity index (χ0) is 13.4. The molecule has 3 heteroatoms. The zero-order valence-corrected chi connectivity index (χ0v) is 12.2. The van der Waals surface area contributed by atoms with Crippen LogP contribution < -0.4 is 5.32 Å². The smallest absolute Gasteiger partial charge is 0.0543 e. The summed E-state index contributed by atoms with van der Waals surface area (Å²) in [5.74, 6) is 0. The van der Waals surface area contributed by atoms with Crippen molar-refractivity contribution in [1.29, 1.82) is 0 Å². The maximum atomic E-state index is 4.40. The molecule has 1 rings (SSSR count). The van der Waals surface area contributed by atoms with Crippen LogP contribution in [-0.4, -0.2) is 36.1 Å². The maximum absolute atomic E-state index is 4.40. The fourth-order valence-electron chi connectivity index (χ4n) is 2.61. The number of aromatic nitrogens is 1. The van der Waals surface area contributed by atoms with Crippen LogP contribution in [0.15, 0.2) is 24.4 Å². The van der Waals surface area contributed by atoms with Gasteiger partial charge in [-0.25, -0.2) is 0 Å².